The lowest BCUT2D eigenvalue weighted by molar-refractivity contribution is -0.126. The van der Waals surface area contributed by atoms with Gasteiger partial charge in [0.05, 0.1) is 12.1 Å². The summed E-state index contributed by atoms with van der Waals surface area (Å²) in [5.74, 6) is 1.97. The van der Waals surface area contributed by atoms with Crippen molar-refractivity contribution in [2.75, 3.05) is 18.0 Å². The number of nitrogens with zero attached hydrogens (tertiary/aromatic N) is 3. The molecule has 3 rings (SSSR count). The molecule has 2 fully saturated rings. The Morgan fingerprint density at radius 1 is 1.23 bits per heavy atom. The number of nitrogens with one attached hydrogen (secondary N) is 1. The fourth-order valence-corrected chi connectivity index (χ4v) is 4.48. The van der Waals surface area contributed by atoms with Gasteiger partial charge in [-0.15, -0.1) is 0 Å². The predicted octanol–water partition coefficient (Wildman–Crippen LogP) is 3.80. The van der Waals surface area contributed by atoms with Crippen LogP contribution in [0.15, 0.2) is 18.6 Å². The van der Waals surface area contributed by atoms with Crippen molar-refractivity contribution in [3.8, 4) is 0 Å². The Labute approximate surface area is 158 Å². The number of carbonyl (C=O) groups is 1. The summed E-state index contributed by atoms with van der Waals surface area (Å²) in [5.41, 5.74) is 0.426. The van der Waals surface area contributed by atoms with Gasteiger partial charge in [-0.3, -0.25) is 9.78 Å². The lowest BCUT2D eigenvalue weighted by Gasteiger charge is -2.39. The Morgan fingerprint density at radius 3 is 2.65 bits per heavy atom. The van der Waals surface area contributed by atoms with Crippen LogP contribution >= 0.6 is 0 Å². The summed E-state index contributed by atoms with van der Waals surface area (Å²) in [5, 5.41) is 3.35. The Kier molecular flexibility index (Phi) is 6.15. The van der Waals surface area contributed by atoms with E-state index in [0.717, 1.165) is 50.5 Å². The number of piperidine rings is 1. The molecule has 0 bridgehead atoms. The van der Waals surface area contributed by atoms with Gasteiger partial charge in [0, 0.05) is 31.5 Å². The highest BCUT2D eigenvalue weighted by molar-refractivity contribution is 5.79. The van der Waals surface area contributed by atoms with Crippen molar-refractivity contribution in [3.63, 3.8) is 0 Å². The van der Waals surface area contributed by atoms with E-state index in [1.807, 2.05) is 0 Å². The van der Waals surface area contributed by atoms with Gasteiger partial charge >= 0.3 is 0 Å². The van der Waals surface area contributed by atoms with Crippen LogP contribution in [0, 0.1) is 17.3 Å². The summed E-state index contributed by atoms with van der Waals surface area (Å²) in [6.45, 7) is 8.78. The maximum Gasteiger partial charge on any atom is 0.225 e. The van der Waals surface area contributed by atoms with Crippen LogP contribution < -0.4 is 10.2 Å². The molecule has 1 aliphatic heterocycles. The van der Waals surface area contributed by atoms with Crippen LogP contribution in [-0.2, 0) is 4.79 Å². The van der Waals surface area contributed by atoms with E-state index in [9.17, 15) is 4.79 Å². The summed E-state index contributed by atoms with van der Waals surface area (Å²) < 4.78 is 0. The largest absolute Gasteiger partial charge is 0.355 e. The van der Waals surface area contributed by atoms with E-state index in [2.05, 4.69) is 41.0 Å². The average molecular weight is 359 g/mol. The Morgan fingerprint density at radius 2 is 2.00 bits per heavy atom. The molecule has 5 nitrogen and oxygen atoms in total. The van der Waals surface area contributed by atoms with Gasteiger partial charge in [-0.05, 0) is 49.9 Å². The minimum atomic E-state index is 0.0653. The average Bonchev–Trinajstić information content (AvgIpc) is 2.69. The zero-order chi connectivity index (χ0) is 18.6. The van der Waals surface area contributed by atoms with Gasteiger partial charge in [0.1, 0.15) is 5.82 Å². The van der Waals surface area contributed by atoms with Crippen LogP contribution in [0.1, 0.15) is 65.7 Å². The molecular weight excluding hydrogens is 324 g/mol. The zero-order valence-corrected chi connectivity index (χ0v) is 16.6. The van der Waals surface area contributed by atoms with Crippen molar-refractivity contribution in [1.29, 1.82) is 0 Å². The predicted molar refractivity (Wildman–Crippen MR) is 105 cm³/mol. The summed E-state index contributed by atoms with van der Waals surface area (Å²) in [4.78, 5) is 23.5. The first-order chi connectivity index (χ1) is 12.5. The second-order valence-corrected chi connectivity index (χ2v) is 8.75. The third-order valence-corrected chi connectivity index (χ3v) is 6.76. The van der Waals surface area contributed by atoms with Crippen molar-refractivity contribution < 1.29 is 4.79 Å². The second kappa shape index (κ2) is 8.36. The third kappa shape index (κ3) is 4.54. The highest BCUT2D eigenvalue weighted by Crippen LogP contribution is 2.40. The van der Waals surface area contributed by atoms with Crippen LogP contribution in [0.3, 0.4) is 0 Å². The number of carbonyl (C=O) groups excluding carboxylic acids is 1. The van der Waals surface area contributed by atoms with E-state index >= 15 is 0 Å². The van der Waals surface area contributed by atoms with Crippen molar-refractivity contribution in [1.82, 2.24) is 15.3 Å². The minimum Gasteiger partial charge on any atom is -0.355 e. The van der Waals surface area contributed by atoms with Crippen molar-refractivity contribution >= 4 is 11.7 Å². The number of hydrogen-bond donors (Lipinski definition) is 1. The number of hydrogen-bond acceptors (Lipinski definition) is 4. The van der Waals surface area contributed by atoms with Gasteiger partial charge in [0.2, 0.25) is 5.91 Å². The number of rotatable bonds is 5. The van der Waals surface area contributed by atoms with E-state index in [1.165, 1.54) is 19.3 Å². The van der Waals surface area contributed by atoms with Crippen LogP contribution in [0.2, 0.25) is 0 Å². The molecule has 1 amide bonds. The van der Waals surface area contributed by atoms with Crippen LogP contribution in [-0.4, -0.2) is 35.0 Å². The molecule has 1 aliphatic carbocycles. The van der Waals surface area contributed by atoms with E-state index in [-0.39, 0.29) is 11.8 Å². The molecule has 26 heavy (non-hydrogen) atoms. The minimum absolute atomic E-state index is 0.0653. The highest BCUT2D eigenvalue weighted by atomic mass is 16.2. The molecule has 1 atom stereocenters. The molecular formula is C21H34N4O. The van der Waals surface area contributed by atoms with Gasteiger partial charge in [-0.1, -0.05) is 27.2 Å². The van der Waals surface area contributed by atoms with Crippen molar-refractivity contribution in [3.05, 3.63) is 18.6 Å². The van der Waals surface area contributed by atoms with Gasteiger partial charge in [0.25, 0.3) is 0 Å². The molecule has 2 heterocycles. The van der Waals surface area contributed by atoms with Crippen LogP contribution in [0.4, 0.5) is 5.82 Å². The molecule has 0 radical (unpaired) electrons. The van der Waals surface area contributed by atoms with Gasteiger partial charge in [0.15, 0.2) is 0 Å². The zero-order valence-electron chi connectivity index (χ0n) is 16.6. The fourth-order valence-electron chi connectivity index (χ4n) is 4.48. The molecule has 0 spiro atoms. The molecule has 1 aromatic rings. The molecule has 0 aromatic carbocycles. The second-order valence-electron chi connectivity index (χ2n) is 8.75. The van der Waals surface area contributed by atoms with E-state index in [1.54, 1.807) is 18.6 Å². The first-order valence-corrected chi connectivity index (χ1v) is 10.3. The Hall–Kier alpha value is -1.65. The molecule has 1 aromatic heterocycles. The van der Waals surface area contributed by atoms with Crippen LogP contribution in [0.25, 0.3) is 0 Å². The van der Waals surface area contributed by atoms with E-state index in [4.69, 9.17) is 0 Å². The first kappa shape index (κ1) is 19.1. The molecule has 1 saturated carbocycles. The lowest BCUT2D eigenvalue weighted by Crippen LogP contribution is -2.47. The Balaban J connectivity index is 1.49. The van der Waals surface area contributed by atoms with Crippen molar-refractivity contribution in [2.45, 2.75) is 71.8 Å². The van der Waals surface area contributed by atoms with Gasteiger partial charge < -0.3 is 10.2 Å². The van der Waals surface area contributed by atoms with Crippen LogP contribution in [0.5, 0.6) is 0 Å². The standard InChI is InChI=1S/C21H34N4O/c1-4-21(2,3)17-7-9-18(10-8-17)24-20(26)16-6-5-13-25(15-16)19-14-22-11-12-23-19/h11-12,14,16-18H,4-10,13,15H2,1-3H3,(H,24,26). The normalized spacial score (nSPS) is 27.2. The molecule has 1 N–H and O–H groups in total. The highest BCUT2D eigenvalue weighted by Gasteiger charge is 2.33. The SMILES string of the molecule is CCC(C)(C)C1CCC(NC(=O)C2CCCN(c3cnccn3)C2)CC1. The first-order valence-electron chi connectivity index (χ1n) is 10.3. The molecule has 5 heteroatoms. The van der Waals surface area contributed by atoms with Crippen molar-refractivity contribution in [2.24, 2.45) is 17.3 Å². The number of aromatic nitrogens is 2. The smallest absolute Gasteiger partial charge is 0.225 e. The number of amides is 1. The summed E-state index contributed by atoms with van der Waals surface area (Å²) >= 11 is 0. The summed E-state index contributed by atoms with van der Waals surface area (Å²) in [6.07, 6.45) is 13.2. The summed E-state index contributed by atoms with van der Waals surface area (Å²) in [7, 11) is 0. The topological polar surface area (TPSA) is 58.1 Å². The van der Waals surface area contributed by atoms with E-state index < -0.39 is 0 Å². The third-order valence-electron chi connectivity index (χ3n) is 6.76. The van der Waals surface area contributed by atoms with E-state index in [0.29, 0.717) is 11.5 Å². The lowest BCUT2D eigenvalue weighted by atomic mass is 9.69. The quantitative estimate of drug-likeness (QED) is 0.870. The molecule has 1 unspecified atom stereocenters. The van der Waals surface area contributed by atoms with Gasteiger partial charge in [-0.2, -0.15) is 0 Å². The number of anilines is 1. The molecule has 144 valence electrons. The summed E-state index contributed by atoms with van der Waals surface area (Å²) in [6, 6.07) is 0.360. The van der Waals surface area contributed by atoms with Gasteiger partial charge in [-0.25, -0.2) is 4.98 Å². The maximum atomic E-state index is 12.8. The maximum absolute atomic E-state index is 12.8. The Bertz CT molecular complexity index is 581. The monoisotopic (exact) mass is 358 g/mol. The molecule has 1 saturated heterocycles. The molecule has 2 aliphatic rings. The fraction of sp³-hybridized carbons (Fsp3) is 0.762.